The van der Waals surface area contributed by atoms with Crippen LogP contribution in [0.5, 0.6) is 0 Å². The Hall–Kier alpha value is -1.56. The predicted octanol–water partition coefficient (Wildman–Crippen LogP) is 1.05. The Bertz CT molecular complexity index is 510. The minimum absolute atomic E-state index is 0.0197. The van der Waals surface area contributed by atoms with E-state index in [1.807, 2.05) is 0 Å². The molecule has 0 spiro atoms. The fourth-order valence-electron chi connectivity index (χ4n) is 2.56. The Kier molecular flexibility index (Phi) is 2.55. The molecule has 0 aromatic heterocycles. The summed E-state index contributed by atoms with van der Waals surface area (Å²) in [7, 11) is 0. The molecule has 1 aromatic rings. The summed E-state index contributed by atoms with van der Waals surface area (Å²) >= 11 is 0. The van der Waals surface area contributed by atoms with Gasteiger partial charge in [0.2, 0.25) is 0 Å². The van der Waals surface area contributed by atoms with Gasteiger partial charge in [-0.2, -0.15) is 0 Å². The van der Waals surface area contributed by atoms with Gasteiger partial charge in [0.15, 0.2) is 17.5 Å². The fraction of sp³-hybridized carbons (Fsp3) is 0.417. The molecule has 2 N–H and O–H groups in total. The molecular formula is C12H11F3N2O. The summed E-state index contributed by atoms with van der Waals surface area (Å²) in [6.07, 6.45) is 0. The van der Waals surface area contributed by atoms with Gasteiger partial charge in [-0.25, -0.2) is 13.2 Å². The van der Waals surface area contributed by atoms with Crippen molar-refractivity contribution in [1.29, 1.82) is 0 Å². The number of carbonyl (C=O) groups is 1. The first kappa shape index (κ1) is 11.5. The quantitative estimate of drug-likeness (QED) is 0.777. The molecule has 3 nitrogen and oxygen atoms in total. The maximum absolute atomic E-state index is 13.4. The monoisotopic (exact) mass is 256 g/mol. The Morgan fingerprint density at radius 3 is 2.50 bits per heavy atom. The molecule has 2 fully saturated rings. The second-order valence-electron chi connectivity index (χ2n) is 4.71. The maximum atomic E-state index is 13.4. The van der Waals surface area contributed by atoms with E-state index in [9.17, 15) is 18.0 Å². The largest absolute Gasteiger partial charge is 0.349 e. The summed E-state index contributed by atoms with van der Waals surface area (Å²) < 4.78 is 39.1. The molecule has 96 valence electrons. The van der Waals surface area contributed by atoms with Crippen molar-refractivity contribution in [3.05, 3.63) is 35.1 Å². The Morgan fingerprint density at radius 2 is 1.83 bits per heavy atom. The number of hydrogen-bond acceptors (Lipinski definition) is 2. The van der Waals surface area contributed by atoms with Crippen molar-refractivity contribution in [3.63, 3.8) is 0 Å². The molecule has 1 amide bonds. The van der Waals surface area contributed by atoms with Crippen molar-refractivity contribution in [2.45, 2.75) is 6.04 Å². The lowest BCUT2D eigenvalue weighted by atomic mass is 10.2. The number of fused-ring (bicyclic) bond motifs is 1. The third kappa shape index (κ3) is 1.68. The lowest BCUT2D eigenvalue weighted by Gasteiger charge is -2.08. The average molecular weight is 256 g/mol. The summed E-state index contributed by atoms with van der Waals surface area (Å²) in [4.78, 5) is 11.7. The van der Waals surface area contributed by atoms with Crippen LogP contribution in [0.2, 0.25) is 0 Å². The maximum Gasteiger partial charge on any atom is 0.254 e. The van der Waals surface area contributed by atoms with Gasteiger partial charge < -0.3 is 10.6 Å². The Labute approximate surface area is 101 Å². The van der Waals surface area contributed by atoms with Crippen LogP contribution in [0.1, 0.15) is 10.4 Å². The molecule has 2 aliphatic rings. The number of benzene rings is 1. The summed E-state index contributed by atoms with van der Waals surface area (Å²) in [5, 5.41) is 5.81. The van der Waals surface area contributed by atoms with Gasteiger partial charge in [-0.1, -0.05) is 0 Å². The highest BCUT2D eigenvalue weighted by molar-refractivity contribution is 5.95. The van der Waals surface area contributed by atoms with Crippen LogP contribution in [0.15, 0.2) is 12.1 Å². The second-order valence-corrected chi connectivity index (χ2v) is 4.71. The molecule has 1 aromatic carbocycles. The van der Waals surface area contributed by atoms with Crippen molar-refractivity contribution in [1.82, 2.24) is 10.6 Å². The van der Waals surface area contributed by atoms with Gasteiger partial charge in [0.25, 0.3) is 5.91 Å². The molecular weight excluding hydrogens is 245 g/mol. The van der Waals surface area contributed by atoms with Crippen LogP contribution in [0.3, 0.4) is 0 Å². The highest BCUT2D eigenvalue weighted by Crippen LogP contribution is 2.41. The third-order valence-electron chi connectivity index (χ3n) is 3.67. The number of hydrogen-bond donors (Lipinski definition) is 2. The molecule has 3 rings (SSSR count). The van der Waals surface area contributed by atoms with E-state index in [1.54, 1.807) is 0 Å². The fourth-order valence-corrected chi connectivity index (χ4v) is 2.56. The lowest BCUT2D eigenvalue weighted by Crippen LogP contribution is -2.33. The van der Waals surface area contributed by atoms with Gasteiger partial charge in [0.05, 0.1) is 5.56 Å². The molecule has 0 bridgehead atoms. The molecule has 2 atom stereocenters. The zero-order valence-corrected chi connectivity index (χ0v) is 9.34. The first-order valence-corrected chi connectivity index (χ1v) is 5.74. The standard InChI is InChI=1S/C12H11F3N2O/c13-8-2-1-5(9(14)10(8)15)12(18)17-11-6-3-16-4-7(6)11/h1-2,6-7,11,16H,3-4H2,(H,17,18). The van der Waals surface area contributed by atoms with Gasteiger partial charge >= 0.3 is 0 Å². The van der Waals surface area contributed by atoms with E-state index < -0.39 is 28.9 Å². The van der Waals surface area contributed by atoms with Crippen LogP contribution in [0, 0.1) is 29.3 Å². The minimum atomic E-state index is -1.61. The smallest absolute Gasteiger partial charge is 0.254 e. The van der Waals surface area contributed by atoms with Crippen LogP contribution >= 0.6 is 0 Å². The van der Waals surface area contributed by atoms with E-state index in [4.69, 9.17) is 0 Å². The van der Waals surface area contributed by atoms with Crippen molar-refractivity contribution in [2.75, 3.05) is 13.1 Å². The van der Waals surface area contributed by atoms with Crippen LogP contribution in [-0.2, 0) is 0 Å². The summed E-state index contributed by atoms with van der Waals surface area (Å²) in [6.45, 7) is 1.66. The highest BCUT2D eigenvalue weighted by Gasteiger charge is 2.53. The number of carbonyl (C=O) groups excluding carboxylic acids is 1. The Morgan fingerprint density at radius 1 is 1.17 bits per heavy atom. The topological polar surface area (TPSA) is 41.1 Å². The van der Waals surface area contributed by atoms with E-state index in [2.05, 4.69) is 10.6 Å². The average Bonchev–Trinajstić information content (AvgIpc) is 2.78. The molecule has 6 heteroatoms. The summed E-state index contributed by atoms with van der Waals surface area (Å²) in [5.41, 5.74) is -0.452. The molecule has 1 aliphatic heterocycles. The van der Waals surface area contributed by atoms with Crippen LogP contribution in [-0.4, -0.2) is 25.0 Å². The zero-order chi connectivity index (χ0) is 12.9. The van der Waals surface area contributed by atoms with Crippen molar-refractivity contribution in [2.24, 2.45) is 11.8 Å². The summed E-state index contributed by atoms with van der Waals surface area (Å²) in [5.74, 6) is -4.27. The molecule has 18 heavy (non-hydrogen) atoms. The number of amides is 1. The number of piperidine rings is 1. The normalized spacial score (nSPS) is 28.9. The SMILES string of the molecule is O=C(NC1C2CNCC21)c1ccc(F)c(F)c1F. The highest BCUT2D eigenvalue weighted by atomic mass is 19.2. The zero-order valence-electron chi connectivity index (χ0n) is 9.34. The first-order chi connectivity index (χ1) is 8.59. The Balaban J connectivity index is 1.75. The second kappa shape index (κ2) is 3.98. The molecule has 1 heterocycles. The molecule has 2 unspecified atom stereocenters. The van der Waals surface area contributed by atoms with E-state index in [0.29, 0.717) is 11.8 Å². The predicted molar refractivity (Wildman–Crippen MR) is 57.4 cm³/mol. The van der Waals surface area contributed by atoms with Crippen molar-refractivity contribution < 1.29 is 18.0 Å². The van der Waals surface area contributed by atoms with Crippen LogP contribution in [0.4, 0.5) is 13.2 Å². The lowest BCUT2D eigenvalue weighted by molar-refractivity contribution is 0.0941. The number of rotatable bonds is 2. The van der Waals surface area contributed by atoms with Gasteiger partial charge in [-0.15, -0.1) is 0 Å². The first-order valence-electron chi connectivity index (χ1n) is 5.74. The minimum Gasteiger partial charge on any atom is -0.349 e. The van der Waals surface area contributed by atoms with E-state index >= 15 is 0 Å². The third-order valence-corrected chi connectivity index (χ3v) is 3.67. The van der Waals surface area contributed by atoms with Crippen molar-refractivity contribution in [3.8, 4) is 0 Å². The molecule has 0 radical (unpaired) electrons. The van der Waals surface area contributed by atoms with Gasteiger partial charge in [-0.05, 0) is 24.0 Å². The van der Waals surface area contributed by atoms with Crippen LogP contribution < -0.4 is 10.6 Å². The molecule has 1 aliphatic carbocycles. The van der Waals surface area contributed by atoms with Crippen molar-refractivity contribution >= 4 is 5.91 Å². The van der Waals surface area contributed by atoms with E-state index in [0.717, 1.165) is 25.2 Å². The molecule has 1 saturated heterocycles. The molecule has 1 saturated carbocycles. The van der Waals surface area contributed by atoms with Gasteiger partial charge in [0.1, 0.15) is 0 Å². The van der Waals surface area contributed by atoms with Gasteiger partial charge in [-0.3, -0.25) is 4.79 Å². The summed E-state index contributed by atoms with van der Waals surface area (Å²) in [6, 6.07) is 1.73. The van der Waals surface area contributed by atoms with E-state index in [1.165, 1.54) is 0 Å². The number of halogens is 3. The number of nitrogens with one attached hydrogen (secondary N) is 2. The van der Waals surface area contributed by atoms with E-state index in [-0.39, 0.29) is 6.04 Å². The van der Waals surface area contributed by atoms with Gasteiger partial charge in [0, 0.05) is 19.1 Å². The van der Waals surface area contributed by atoms with Crippen LogP contribution in [0.25, 0.3) is 0 Å².